The van der Waals surface area contributed by atoms with Gasteiger partial charge < -0.3 is 10.1 Å². The van der Waals surface area contributed by atoms with Gasteiger partial charge in [-0.15, -0.1) is 10.2 Å². The zero-order valence-corrected chi connectivity index (χ0v) is 13.6. The molecule has 2 aromatic carbocycles. The van der Waals surface area contributed by atoms with Gasteiger partial charge in [0.05, 0.1) is 12.8 Å². The number of hydrogen-bond donors (Lipinski definition) is 1. The third-order valence-electron chi connectivity index (χ3n) is 3.22. The van der Waals surface area contributed by atoms with Crippen molar-refractivity contribution in [3.05, 3.63) is 53.6 Å². The van der Waals surface area contributed by atoms with Crippen molar-refractivity contribution in [3.63, 3.8) is 0 Å². The van der Waals surface area contributed by atoms with Crippen LogP contribution in [0.3, 0.4) is 0 Å². The Morgan fingerprint density at radius 3 is 2.71 bits per heavy atom. The van der Waals surface area contributed by atoms with E-state index in [1.165, 1.54) is 4.80 Å². The van der Waals surface area contributed by atoms with Crippen LogP contribution in [0.25, 0.3) is 11.4 Å². The van der Waals surface area contributed by atoms with Crippen molar-refractivity contribution in [1.82, 2.24) is 20.2 Å². The Hall–Kier alpha value is -2.93. The summed E-state index contributed by atoms with van der Waals surface area (Å²) < 4.78 is 5.19. The minimum Gasteiger partial charge on any atom is -0.495 e. The Balaban J connectivity index is 1.68. The van der Waals surface area contributed by atoms with E-state index < -0.39 is 0 Å². The minimum atomic E-state index is -0.278. The number of benzene rings is 2. The van der Waals surface area contributed by atoms with Crippen LogP contribution in [-0.2, 0) is 11.3 Å². The standard InChI is InChI=1S/C16H14ClN5O2/c1-24-14-5-3-2-4-13(14)18-15(23)10-22-20-16(19-21-22)11-6-8-12(17)9-7-11/h2-9H,10H2,1H3,(H,18,23). The highest BCUT2D eigenvalue weighted by Crippen LogP contribution is 2.23. The lowest BCUT2D eigenvalue weighted by Gasteiger charge is -2.09. The highest BCUT2D eigenvalue weighted by molar-refractivity contribution is 6.30. The summed E-state index contributed by atoms with van der Waals surface area (Å²) in [6.45, 7) is -0.0569. The molecule has 0 spiro atoms. The number of aromatic nitrogens is 4. The number of anilines is 1. The Morgan fingerprint density at radius 1 is 1.21 bits per heavy atom. The van der Waals surface area contributed by atoms with Crippen molar-refractivity contribution < 1.29 is 9.53 Å². The van der Waals surface area contributed by atoms with Crippen LogP contribution in [0.4, 0.5) is 5.69 Å². The maximum absolute atomic E-state index is 12.1. The molecular weight excluding hydrogens is 330 g/mol. The van der Waals surface area contributed by atoms with Crippen LogP contribution >= 0.6 is 11.6 Å². The van der Waals surface area contributed by atoms with Gasteiger partial charge in [0.1, 0.15) is 12.3 Å². The van der Waals surface area contributed by atoms with Crippen LogP contribution in [0.5, 0.6) is 5.75 Å². The third kappa shape index (κ3) is 3.69. The fraction of sp³-hybridized carbons (Fsp3) is 0.125. The molecule has 1 N–H and O–H groups in total. The molecule has 0 aliphatic heterocycles. The molecule has 1 amide bonds. The quantitative estimate of drug-likeness (QED) is 0.770. The van der Waals surface area contributed by atoms with Crippen molar-refractivity contribution >= 4 is 23.2 Å². The smallest absolute Gasteiger partial charge is 0.248 e. The lowest BCUT2D eigenvalue weighted by atomic mass is 10.2. The first-order chi connectivity index (χ1) is 11.7. The molecule has 24 heavy (non-hydrogen) atoms. The van der Waals surface area contributed by atoms with Gasteiger partial charge in [-0.2, -0.15) is 4.80 Å². The number of carbonyl (C=O) groups is 1. The van der Waals surface area contributed by atoms with Crippen LogP contribution in [0, 0.1) is 0 Å². The lowest BCUT2D eigenvalue weighted by Crippen LogP contribution is -2.20. The number of methoxy groups -OCH3 is 1. The molecule has 7 nitrogen and oxygen atoms in total. The van der Waals surface area contributed by atoms with Crippen LogP contribution in [-0.4, -0.2) is 33.2 Å². The van der Waals surface area contributed by atoms with E-state index in [1.54, 1.807) is 43.5 Å². The number of tetrazole rings is 1. The summed E-state index contributed by atoms with van der Waals surface area (Å²) in [5, 5.41) is 15.4. The topological polar surface area (TPSA) is 81.9 Å². The maximum Gasteiger partial charge on any atom is 0.248 e. The van der Waals surface area contributed by atoms with Crippen LogP contribution < -0.4 is 10.1 Å². The van der Waals surface area contributed by atoms with Crippen molar-refractivity contribution in [2.45, 2.75) is 6.54 Å². The van der Waals surface area contributed by atoms with Gasteiger partial charge in [-0.25, -0.2) is 0 Å². The fourth-order valence-corrected chi connectivity index (χ4v) is 2.22. The van der Waals surface area contributed by atoms with Crippen LogP contribution in [0.15, 0.2) is 48.5 Å². The second kappa shape index (κ2) is 7.10. The van der Waals surface area contributed by atoms with E-state index in [-0.39, 0.29) is 12.5 Å². The van der Waals surface area contributed by atoms with Crippen LogP contribution in [0.2, 0.25) is 5.02 Å². The van der Waals surface area contributed by atoms with Gasteiger partial charge in [0.2, 0.25) is 11.7 Å². The summed E-state index contributed by atoms with van der Waals surface area (Å²) in [6, 6.07) is 14.2. The largest absolute Gasteiger partial charge is 0.495 e. The molecule has 122 valence electrons. The summed E-state index contributed by atoms with van der Waals surface area (Å²) in [4.78, 5) is 13.4. The summed E-state index contributed by atoms with van der Waals surface area (Å²) in [5.41, 5.74) is 1.36. The zero-order chi connectivity index (χ0) is 16.9. The Bertz CT molecular complexity index is 848. The zero-order valence-electron chi connectivity index (χ0n) is 12.8. The summed E-state index contributed by atoms with van der Waals surface area (Å²) in [5.74, 6) is 0.732. The van der Waals surface area contributed by atoms with Gasteiger partial charge in [-0.1, -0.05) is 23.7 Å². The molecular formula is C16H14ClN5O2. The molecule has 1 heterocycles. The van der Waals surface area contributed by atoms with Crippen molar-refractivity contribution in [1.29, 1.82) is 0 Å². The van der Waals surface area contributed by atoms with E-state index in [2.05, 4.69) is 20.7 Å². The molecule has 1 aromatic heterocycles. The number of ether oxygens (including phenoxy) is 1. The molecule has 0 bridgehead atoms. The highest BCUT2D eigenvalue weighted by Gasteiger charge is 2.11. The molecule has 0 aliphatic rings. The van der Waals surface area contributed by atoms with E-state index in [1.807, 2.05) is 12.1 Å². The summed E-state index contributed by atoms with van der Waals surface area (Å²) in [6.07, 6.45) is 0. The Morgan fingerprint density at radius 2 is 1.96 bits per heavy atom. The normalized spacial score (nSPS) is 10.4. The van der Waals surface area contributed by atoms with Crippen molar-refractivity contribution in [2.24, 2.45) is 0 Å². The SMILES string of the molecule is COc1ccccc1NC(=O)Cn1nnc(-c2ccc(Cl)cc2)n1. The molecule has 3 aromatic rings. The van der Waals surface area contributed by atoms with Crippen molar-refractivity contribution in [3.8, 4) is 17.1 Å². The van der Waals surface area contributed by atoms with Crippen molar-refractivity contribution in [2.75, 3.05) is 12.4 Å². The summed E-state index contributed by atoms with van der Waals surface area (Å²) >= 11 is 5.85. The molecule has 0 radical (unpaired) electrons. The highest BCUT2D eigenvalue weighted by atomic mass is 35.5. The molecule has 0 fully saturated rings. The maximum atomic E-state index is 12.1. The lowest BCUT2D eigenvalue weighted by molar-refractivity contribution is -0.117. The minimum absolute atomic E-state index is 0.0569. The average molecular weight is 344 g/mol. The van der Waals surface area contributed by atoms with Gasteiger partial charge in [0, 0.05) is 10.6 Å². The first-order valence-corrected chi connectivity index (χ1v) is 7.50. The molecule has 3 rings (SSSR count). The monoisotopic (exact) mass is 343 g/mol. The molecule has 0 saturated heterocycles. The number of hydrogen-bond acceptors (Lipinski definition) is 5. The summed E-state index contributed by atoms with van der Waals surface area (Å²) in [7, 11) is 1.54. The second-order valence-electron chi connectivity index (χ2n) is 4.90. The van der Waals surface area contributed by atoms with Crippen LogP contribution in [0.1, 0.15) is 0 Å². The van der Waals surface area contributed by atoms with E-state index in [9.17, 15) is 4.79 Å². The van der Waals surface area contributed by atoms with E-state index in [0.717, 1.165) is 5.56 Å². The third-order valence-corrected chi connectivity index (χ3v) is 3.47. The van der Waals surface area contributed by atoms with E-state index >= 15 is 0 Å². The number of carbonyl (C=O) groups excluding carboxylic acids is 1. The number of nitrogens with zero attached hydrogens (tertiary/aromatic N) is 4. The Labute approximate surface area is 143 Å². The van der Waals surface area contributed by atoms with E-state index in [0.29, 0.717) is 22.3 Å². The number of nitrogens with one attached hydrogen (secondary N) is 1. The average Bonchev–Trinajstić information content (AvgIpc) is 3.04. The molecule has 0 aliphatic carbocycles. The Kier molecular flexibility index (Phi) is 4.72. The molecule has 0 unspecified atom stereocenters. The molecule has 8 heteroatoms. The van der Waals surface area contributed by atoms with Gasteiger partial charge in [0.25, 0.3) is 0 Å². The second-order valence-corrected chi connectivity index (χ2v) is 5.34. The number of amides is 1. The first-order valence-electron chi connectivity index (χ1n) is 7.12. The number of halogens is 1. The van der Waals surface area contributed by atoms with Gasteiger partial charge in [0.15, 0.2) is 0 Å². The van der Waals surface area contributed by atoms with Gasteiger partial charge in [-0.3, -0.25) is 4.79 Å². The molecule has 0 atom stereocenters. The first kappa shape index (κ1) is 15.9. The number of rotatable bonds is 5. The number of para-hydroxylation sites is 2. The predicted molar refractivity (Wildman–Crippen MR) is 89.9 cm³/mol. The van der Waals surface area contributed by atoms with Gasteiger partial charge in [-0.05, 0) is 41.6 Å². The van der Waals surface area contributed by atoms with E-state index in [4.69, 9.17) is 16.3 Å². The fourth-order valence-electron chi connectivity index (χ4n) is 2.09. The van der Waals surface area contributed by atoms with Gasteiger partial charge >= 0.3 is 0 Å². The molecule has 0 saturated carbocycles. The predicted octanol–water partition coefficient (Wildman–Crippen LogP) is 2.64.